The molecule has 4 rings (SSSR count). The lowest BCUT2D eigenvalue weighted by Crippen LogP contribution is -2.29. The number of fused-ring (bicyclic) bond motifs is 2. The molecular formula is C22H23N3O4. The van der Waals surface area contributed by atoms with Gasteiger partial charge in [0.2, 0.25) is 12.7 Å². The third-order valence-corrected chi connectivity index (χ3v) is 5.21. The van der Waals surface area contributed by atoms with Crippen molar-refractivity contribution in [1.29, 1.82) is 0 Å². The number of rotatable bonds is 5. The highest BCUT2D eigenvalue weighted by atomic mass is 16.7. The predicted molar refractivity (Wildman–Crippen MR) is 109 cm³/mol. The Morgan fingerprint density at radius 1 is 1.10 bits per heavy atom. The van der Waals surface area contributed by atoms with Crippen molar-refractivity contribution in [1.82, 2.24) is 14.9 Å². The molecule has 7 nitrogen and oxygen atoms in total. The molecule has 0 atom stereocenters. The summed E-state index contributed by atoms with van der Waals surface area (Å²) in [6, 6.07) is 9.52. The molecule has 2 heterocycles. The van der Waals surface area contributed by atoms with E-state index in [-0.39, 0.29) is 24.7 Å². The second-order valence-electron chi connectivity index (χ2n) is 7.29. The molecular weight excluding hydrogens is 370 g/mol. The smallest absolute Gasteiger partial charge is 0.272 e. The van der Waals surface area contributed by atoms with Crippen LogP contribution in [0.5, 0.6) is 11.5 Å². The van der Waals surface area contributed by atoms with Crippen LogP contribution >= 0.6 is 0 Å². The summed E-state index contributed by atoms with van der Waals surface area (Å²) in [6.07, 6.45) is 0.204. The van der Waals surface area contributed by atoms with E-state index in [1.165, 1.54) is 0 Å². The predicted octanol–water partition coefficient (Wildman–Crippen LogP) is 2.76. The van der Waals surface area contributed by atoms with E-state index in [2.05, 4.69) is 10.3 Å². The van der Waals surface area contributed by atoms with E-state index in [1.807, 2.05) is 44.2 Å². The first kappa shape index (κ1) is 19.0. The molecule has 150 valence electrons. The maximum Gasteiger partial charge on any atom is 0.272 e. The minimum Gasteiger partial charge on any atom is -0.454 e. The Labute approximate surface area is 168 Å². The van der Waals surface area contributed by atoms with Gasteiger partial charge in [0.05, 0.1) is 11.0 Å². The molecule has 1 N–H and O–H groups in total. The summed E-state index contributed by atoms with van der Waals surface area (Å²) in [5, 5.41) is 2.90. The van der Waals surface area contributed by atoms with E-state index in [1.54, 1.807) is 11.5 Å². The van der Waals surface area contributed by atoms with Crippen LogP contribution < -0.4 is 20.3 Å². The molecule has 1 amide bonds. The Morgan fingerprint density at radius 3 is 2.69 bits per heavy atom. The minimum atomic E-state index is -0.163. The molecule has 0 spiro atoms. The molecule has 3 aromatic rings. The fraction of sp³-hybridized carbons (Fsp3) is 0.318. The molecule has 0 aliphatic carbocycles. The number of benzene rings is 2. The summed E-state index contributed by atoms with van der Waals surface area (Å²) >= 11 is 0. The highest BCUT2D eigenvalue weighted by Gasteiger charge is 2.14. The van der Waals surface area contributed by atoms with Crippen LogP contribution in [0.4, 0.5) is 0 Å². The fourth-order valence-corrected chi connectivity index (χ4v) is 3.40. The largest absolute Gasteiger partial charge is 0.454 e. The van der Waals surface area contributed by atoms with Crippen LogP contribution in [-0.2, 0) is 17.9 Å². The van der Waals surface area contributed by atoms with Crippen molar-refractivity contribution in [3.05, 3.63) is 63.1 Å². The molecule has 0 fully saturated rings. The summed E-state index contributed by atoms with van der Waals surface area (Å²) in [6.45, 7) is 6.63. The van der Waals surface area contributed by atoms with Gasteiger partial charge < -0.3 is 19.4 Å². The number of carbonyl (C=O) groups excluding carboxylic acids is 1. The Morgan fingerprint density at radius 2 is 1.86 bits per heavy atom. The molecule has 0 bridgehead atoms. The summed E-state index contributed by atoms with van der Waals surface area (Å²) in [4.78, 5) is 29.4. The molecule has 0 radical (unpaired) electrons. The van der Waals surface area contributed by atoms with E-state index in [0.29, 0.717) is 30.3 Å². The van der Waals surface area contributed by atoms with Crippen molar-refractivity contribution in [3.63, 3.8) is 0 Å². The highest BCUT2D eigenvalue weighted by molar-refractivity contribution is 5.78. The quantitative estimate of drug-likeness (QED) is 0.721. The van der Waals surface area contributed by atoms with Crippen LogP contribution in [0.1, 0.15) is 28.8 Å². The van der Waals surface area contributed by atoms with Gasteiger partial charge in [0, 0.05) is 19.5 Å². The zero-order chi connectivity index (χ0) is 20.5. The van der Waals surface area contributed by atoms with Gasteiger partial charge in [-0.15, -0.1) is 0 Å². The lowest BCUT2D eigenvalue weighted by molar-refractivity contribution is -0.121. The first-order valence-electron chi connectivity index (χ1n) is 9.56. The molecule has 1 aromatic heterocycles. The molecule has 0 saturated heterocycles. The number of hydrogen-bond donors (Lipinski definition) is 1. The van der Waals surface area contributed by atoms with Gasteiger partial charge >= 0.3 is 0 Å². The molecule has 1 aliphatic rings. The van der Waals surface area contributed by atoms with Gasteiger partial charge in [-0.2, -0.15) is 0 Å². The van der Waals surface area contributed by atoms with Gasteiger partial charge in [0.15, 0.2) is 11.5 Å². The number of carbonyl (C=O) groups is 1. The first-order valence-corrected chi connectivity index (χ1v) is 9.56. The van der Waals surface area contributed by atoms with Crippen LogP contribution in [0.2, 0.25) is 0 Å². The Kier molecular flexibility index (Phi) is 4.96. The summed E-state index contributed by atoms with van der Waals surface area (Å²) in [5.41, 5.74) is 4.93. The van der Waals surface area contributed by atoms with Gasteiger partial charge in [0.25, 0.3) is 5.56 Å². The second kappa shape index (κ2) is 7.58. The fourth-order valence-electron chi connectivity index (χ4n) is 3.40. The van der Waals surface area contributed by atoms with Gasteiger partial charge in [-0.25, -0.2) is 4.98 Å². The Hall–Kier alpha value is -3.35. The van der Waals surface area contributed by atoms with Crippen LogP contribution in [0.3, 0.4) is 0 Å². The summed E-state index contributed by atoms with van der Waals surface area (Å²) in [7, 11) is 0. The Balaban J connectivity index is 1.46. The van der Waals surface area contributed by atoms with E-state index >= 15 is 0 Å². The number of nitrogens with zero attached hydrogens (tertiary/aromatic N) is 2. The SMILES string of the molecule is Cc1cc2nc(C)c(=O)n(CCC(=O)NCc3ccc4c(c3)OCO4)c2cc1C. The summed E-state index contributed by atoms with van der Waals surface area (Å²) in [5.74, 6) is 1.28. The second-order valence-corrected chi connectivity index (χ2v) is 7.29. The van der Waals surface area contributed by atoms with Crippen molar-refractivity contribution >= 4 is 16.9 Å². The molecule has 0 saturated carbocycles. The average molecular weight is 393 g/mol. The maximum absolute atomic E-state index is 12.6. The molecule has 0 unspecified atom stereocenters. The number of ether oxygens (including phenoxy) is 2. The zero-order valence-corrected chi connectivity index (χ0v) is 16.7. The number of aromatic nitrogens is 2. The topological polar surface area (TPSA) is 82.5 Å². The number of aryl methyl sites for hydroxylation is 4. The van der Waals surface area contributed by atoms with Gasteiger partial charge in [-0.05, 0) is 61.7 Å². The van der Waals surface area contributed by atoms with Crippen molar-refractivity contribution in [3.8, 4) is 11.5 Å². The van der Waals surface area contributed by atoms with E-state index in [0.717, 1.165) is 27.7 Å². The van der Waals surface area contributed by atoms with Crippen molar-refractivity contribution in [2.75, 3.05) is 6.79 Å². The van der Waals surface area contributed by atoms with Crippen molar-refractivity contribution in [2.45, 2.75) is 40.3 Å². The maximum atomic E-state index is 12.6. The molecule has 7 heteroatoms. The lowest BCUT2D eigenvalue weighted by Gasteiger charge is -2.13. The highest BCUT2D eigenvalue weighted by Crippen LogP contribution is 2.32. The van der Waals surface area contributed by atoms with Crippen LogP contribution in [0.15, 0.2) is 35.1 Å². The number of nitrogens with one attached hydrogen (secondary N) is 1. The minimum absolute atomic E-state index is 0.124. The summed E-state index contributed by atoms with van der Waals surface area (Å²) < 4.78 is 12.3. The van der Waals surface area contributed by atoms with Gasteiger partial charge in [-0.3, -0.25) is 9.59 Å². The van der Waals surface area contributed by atoms with Gasteiger partial charge in [0.1, 0.15) is 5.69 Å². The van der Waals surface area contributed by atoms with E-state index < -0.39 is 0 Å². The Bertz CT molecular complexity index is 1170. The molecule has 29 heavy (non-hydrogen) atoms. The van der Waals surface area contributed by atoms with Crippen molar-refractivity contribution < 1.29 is 14.3 Å². The van der Waals surface area contributed by atoms with Gasteiger partial charge in [-0.1, -0.05) is 6.07 Å². The monoisotopic (exact) mass is 393 g/mol. The normalized spacial score (nSPS) is 12.4. The number of amides is 1. The average Bonchev–Trinajstić information content (AvgIpc) is 3.16. The van der Waals surface area contributed by atoms with E-state index in [4.69, 9.17) is 9.47 Å². The molecule has 2 aromatic carbocycles. The third-order valence-electron chi connectivity index (χ3n) is 5.21. The van der Waals surface area contributed by atoms with Crippen LogP contribution in [0.25, 0.3) is 11.0 Å². The van der Waals surface area contributed by atoms with E-state index in [9.17, 15) is 9.59 Å². The van der Waals surface area contributed by atoms with Crippen molar-refractivity contribution in [2.24, 2.45) is 0 Å². The lowest BCUT2D eigenvalue weighted by atomic mass is 10.1. The number of hydrogen-bond acceptors (Lipinski definition) is 5. The third kappa shape index (κ3) is 3.81. The van der Waals surface area contributed by atoms with Crippen LogP contribution in [-0.4, -0.2) is 22.3 Å². The van der Waals surface area contributed by atoms with Crippen LogP contribution in [0, 0.1) is 20.8 Å². The molecule has 1 aliphatic heterocycles. The zero-order valence-electron chi connectivity index (χ0n) is 16.7. The standard InChI is InChI=1S/C22H23N3O4/c1-13-8-17-18(9-14(13)2)25(22(27)15(3)24-17)7-6-21(26)23-11-16-4-5-19-20(10-16)29-12-28-19/h4-5,8-10H,6-7,11-12H2,1-3H3,(H,23,26). The first-order chi connectivity index (χ1) is 13.9.